The minimum Gasteiger partial charge on any atom is -0.351 e. The molecule has 0 spiro atoms. The van der Waals surface area contributed by atoms with Gasteiger partial charge in [0.05, 0.1) is 5.54 Å². The maximum atomic E-state index is 12.0. The zero-order valence-corrected chi connectivity index (χ0v) is 10.6. The first kappa shape index (κ1) is 12.5. The summed E-state index contributed by atoms with van der Waals surface area (Å²) in [5.41, 5.74) is -0.224. The molecule has 1 aliphatic rings. The van der Waals surface area contributed by atoms with Gasteiger partial charge in [-0.1, -0.05) is 20.3 Å². The van der Waals surface area contributed by atoms with Crippen LogP contribution in [0.1, 0.15) is 47.0 Å². The molecule has 1 amide bonds. The summed E-state index contributed by atoms with van der Waals surface area (Å²) in [5, 5.41) is 6.19. The molecular weight excluding hydrogens is 188 g/mol. The van der Waals surface area contributed by atoms with E-state index >= 15 is 0 Å². The molecule has 1 aliphatic carbocycles. The Morgan fingerprint density at radius 1 is 1.40 bits per heavy atom. The van der Waals surface area contributed by atoms with Crippen molar-refractivity contribution in [3.63, 3.8) is 0 Å². The molecule has 0 aromatic heterocycles. The third-order valence-electron chi connectivity index (χ3n) is 3.76. The topological polar surface area (TPSA) is 41.1 Å². The normalized spacial score (nSPS) is 25.3. The van der Waals surface area contributed by atoms with Crippen LogP contribution in [0.3, 0.4) is 0 Å². The molecular formula is C12H24N2O. The van der Waals surface area contributed by atoms with E-state index in [1.807, 2.05) is 20.9 Å². The van der Waals surface area contributed by atoms with Crippen LogP contribution in [-0.2, 0) is 4.79 Å². The van der Waals surface area contributed by atoms with Crippen LogP contribution in [0.2, 0.25) is 0 Å². The zero-order chi connectivity index (χ0) is 11.7. The van der Waals surface area contributed by atoms with E-state index in [4.69, 9.17) is 0 Å². The minimum absolute atomic E-state index is 0.102. The van der Waals surface area contributed by atoms with Gasteiger partial charge < -0.3 is 10.6 Å². The van der Waals surface area contributed by atoms with Crippen LogP contribution in [0, 0.1) is 5.41 Å². The van der Waals surface area contributed by atoms with Crippen LogP contribution < -0.4 is 10.6 Å². The molecule has 15 heavy (non-hydrogen) atoms. The van der Waals surface area contributed by atoms with Crippen molar-refractivity contribution in [2.24, 2.45) is 5.41 Å². The molecule has 2 N–H and O–H groups in total. The molecule has 88 valence electrons. The Labute approximate surface area is 93.0 Å². The Kier molecular flexibility index (Phi) is 3.44. The summed E-state index contributed by atoms with van der Waals surface area (Å²) in [6.45, 7) is 8.28. The molecule has 3 heteroatoms. The highest BCUT2D eigenvalue weighted by Crippen LogP contribution is 2.37. The van der Waals surface area contributed by atoms with E-state index in [9.17, 15) is 4.79 Å². The lowest BCUT2D eigenvalue weighted by atomic mass is 9.87. The standard InChI is InChI=1S/C12H24N2O/c1-11(2)8-6-7-9(11)14-10(15)12(3,4)13-5/h9,13H,6-8H2,1-5H3,(H,14,15). The predicted molar refractivity (Wildman–Crippen MR) is 62.7 cm³/mol. The highest BCUT2D eigenvalue weighted by molar-refractivity contribution is 5.85. The molecule has 1 saturated carbocycles. The van der Waals surface area contributed by atoms with Crippen molar-refractivity contribution in [3.05, 3.63) is 0 Å². The second-order valence-corrected chi connectivity index (χ2v) is 5.78. The van der Waals surface area contributed by atoms with Gasteiger partial charge >= 0.3 is 0 Å². The van der Waals surface area contributed by atoms with Gasteiger partial charge in [0.1, 0.15) is 0 Å². The van der Waals surface area contributed by atoms with Crippen molar-refractivity contribution in [3.8, 4) is 0 Å². The summed E-state index contributed by atoms with van der Waals surface area (Å²) in [6, 6.07) is 0.331. The van der Waals surface area contributed by atoms with E-state index in [1.54, 1.807) is 0 Å². The Hall–Kier alpha value is -0.570. The first-order valence-electron chi connectivity index (χ1n) is 5.79. The molecule has 0 aromatic carbocycles. The first-order valence-corrected chi connectivity index (χ1v) is 5.79. The quantitative estimate of drug-likeness (QED) is 0.747. The summed E-state index contributed by atoms with van der Waals surface area (Å²) in [5.74, 6) is 0.102. The van der Waals surface area contributed by atoms with E-state index in [-0.39, 0.29) is 11.3 Å². The zero-order valence-electron chi connectivity index (χ0n) is 10.6. The number of rotatable bonds is 3. The van der Waals surface area contributed by atoms with Gasteiger partial charge in [-0.2, -0.15) is 0 Å². The summed E-state index contributed by atoms with van der Waals surface area (Å²) in [4.78, 5) is 12.0. The molecule has 0 aromatic rings. The van der Waals surface area contributed by atoms with E-state index in [2.05, 4.69) is 24.5 Å². The maximum Gasteiger partial charge on any atom is 0.239 e. The Bertz CT molecular complexity index is 246. The van der Waals surface area contributed by atoms with Gasteiger partial charge in [-0.05, 0) is 39.2 Å². The van der Waals surface area contributed by atoms with Crippen molar-refractivity contribution in [2.45, 2.75) is 58.5 Å². The number of hydrogen-bond donors (Lipinski definition) is 2. The molecule has 0 radical (unpaired) electrons. The summed E-state index contributed by atoms with van der Waals surface area (Å²) >= 11 is 0. The van der Waals surface area contributed by atoms with Crippen LogP contribution in [0.5, 0.6) is 0 Å². The van der Waals surface area contributed by atoms with Crippen LogP contribution >= 0.6 is 0 Å². The second-order valence-electron chi connectivity index (χ2n) is 5.78. The van der Waals surface area contributed by atoms with Crippen molar-refractivity contribution in [1.82, 2.24) is 10.6 Å². The number of likely N-dealkylation sites (N-methyl/N-ethyl adjacent to an activating group) is 1. The summed E-state index contributed by atoms with van der Waals surface area (Å²) in [6.07, 6.45) is 3.54. The molecule has 3 nitrogen and oxygen atoms in total. The van der Waals surface area contributed by atoms with Crippen LogP contribution in [0.25, 0.3) is 0 Å². The van der Waals surface area contributed by atoms with Crippen molar-refractivity contribution >= 4 is 5.91 Å². The van der Waals surface area contributed by atoms with Crippen molar-refractivity contribution in [2.75, 3.05) is 7.05 Å². The smallest absolute Gasteiger partial charge is 0.239 e. The van der Waals surface area contributed by atoms with Gasteiger partial charge in [-0.3, -0.25) is 4.79 Å². The monoisotopic (exact) mass is 212 g/mol. The molecule has 0 heterocycles. The largest absolute Gasteiger partial charge is 0.351 e. The van der Waals surface area contributed by atoms with Gasteiger partial charge in [0, 0.05) is 6.04 Å². The molecule has 1 fully saturated rings. The van der Waals surface area contributed by atoms with E-state index < -0.39 is 5.54 Å². The number of nitrogens with one attached hydrogen (secondary N) is 2. The van der Waals surface area contributed by atoms with Gasteiger partial charge in [0.25, 0.3) is 0 Å². The minimum atomic E-state index is -0.474. The molecule has 1 atom stereocenters. The SMILES string of the molecule is CNC(C)(C)C(=O)NC1CCCC1(C)C. The molecule has 1 unspecified atom stereocenters. The molecule has 0 bridgehead atoms. The Balaban J connectivity index is 2.59. The Morgan fingerprint density at radius 3 is 2.40 bits per heavy atom. The van der Waals surface area contributed by atoms with E-state index in [1.165, 1.54) is 12.8 Å². The highest BCUT2D eigenvalue weighted by atomic mass is 16.2. The third-order valence-corrected chi connectivity index (χ3v) is 3.76. The Morgan fingerprint density at radius 2 is 2.00 bits per heavy atom. The van der Waals surface area contributed by atoms with Gasteiger partial charge in [-0.15, -0.1) is 0 Å². The second kappa shape index (κ2) is 4.12. The van der Waals surface area contributed by atoms with E-state index in [0.717, 1.165) is 6.42 Å². The van der Waals surface area contributed by atoms with Crippen LogP contribution in [0.15, 0.2) is 0 Å². The van der Waals surface area contributed by atoms with Crippen LogP contribution in [0.4, 0.5) is 0 Å². The number of carbonyl (C=O) groups is 1. The van der Waals surface area contributed by atoms with E-state index in [0.29, 0.717) is 6.04 Å². The van der Waals surface area contributed by atoms with Gasteiger partial charge in [0.15, 0.2) is 0 Å². The first-order chi connectivity index (χ1) is 6.79. The third kappa shape index (κ3) is 2.71. The maximum absolute atomic E-state index is 12.0. The lowest BCUT2D eigenvalue weighted by Crippen LogP contribution is -2.55. The fraction of sp³-hybridized carbons (Fsp3) is 0.917. The lowest BCUT2D eigenvalue weighted by Gasteiger charge is -2.31. The fourth-order valence-corrected chi connectivity index (χ4v) is 2.05. The average Bonchev–Trinajstić information content (AvgIpc) is 2.46. The molecule has 0 saturated heterocycles. The number of amides is 1. The van der Waals surface area contributed by atoms with Crippen molar-refractivity contribution < 1.29 is 4.79 Å². The average molecular weight is 212 g/mol. The summed E-state index contributed by atoms with van der Waals surface area (Å²) < 4.78 is 0. The van der Waals surface area contributed by atoms with Gasteiger partial charge in [-0.25, -0.2) is 0 Å². The molecule has 1 rings (SSSR count). The molecule has 0 aliphatic heterocycles. The van der Waals surface area contributed by atoms with Crippen LogP contribution in [-0.4, -0.2) is 24.5 Å². The van der Waals surface area contributed by atoms with Gasteiger partial charge in [0.2, 0.25) is 5.91 Å². The predicted octanol–water partition coefficient (Wildman–Crippen LogP) is 1.68. The number of hydrogen-bond acceptors (Lipinski definition) is 2. The lowest BCUT2D eigenvalue weighted by molar-refractivity contribution is -0.127. The highest BCUT2D eigenvalue weighted by Gasteiger charge is 2.37. The summed E-state index contributed by atoms with van der Waals surface area (Å²) in [7, 11) is 1.82. The van der Waals surface area contributed by atoms with Crippen molar-refractivity contribution in [1.29, 1.82) is 0 Å². The number of carbonyl (C=O) groups excluding carboxylic acids is 1. The fourth-order valence-electron chi connectivity index (χ4n) is 2.05.